The van der Waals surface area contributed by atoms with Crippen LogP contribution in [-0.2, 0) is 13.0 Å². The number of imidazole rings is 1. The molecule has 1 unspecified atom stereocenters. The fourth-order valence-corrected chi connectivity index (χ4v) is 2.69. The van der Waals surface area contributed by atoms with E-state index < -0.39 is 0 Å². The van der Waals surface area contributed by atoms with Crippen LogP contribution in [0.15, 0.2) is 73.3 Å². The third-order valence-electron chi connectivity index (χ3n) is 3.66. The van der Waals surface area contributed by atoms with Crippen molar-refractivity contribution in [1.29, 1.82) is 0 Å². The number of hydrogen-bond acceptors (Lipinski definition) is 1. The molecule has 1 atom stereocenters. The average Bonchev–Trinajstić information content (AvgIpc) is 3.03. The Morgan fingerprint density at radius 2 is 1.76 bits per heavy atom. The summed E-state index contributed by atoms with van der Waals surface area (Å²) < 4.78 is 2.13. The fourth-order valence-electron chi connectivity index (χ4n) is 2.57. The molecule has 0 aliphatic carbocycles. The quantitative estimate of drug-likeness (QED) is 0.675. The summed E-state index contributed by atoms with van der Waals surface area (Å²) in [5.74, 6) is 0.418. The number of aromatic nitrogens is 2. The van der Waals surface area contributed by atoms with Gasteiger partial charge in [0.1, 0.15) is 0 Å². The van der Waals surface area contributed by atoms with Crippen molar-refractivity contribution in [3.05, 3.63) is 89.5 Å². The maximum Gasteiger partial charge on any atom is 0.0946 e. The van der Waals surface area contributed by atoms with Crippen LogP contribution in [-0.4, -0.2) is 9.55 Å². The Hall–Kier alpha value is -2.06. The van der Waals surface area contributed by atoms with Gasteiger partial charge in [-0.2, -0.15) is 0 Å². The molecule has 1 heterocycles. The van der Waals surface area contributed by atoms with Gasteiger partial charge in [0.05, 0.1) is 6.33 Å². The summed E-state index contributed by atoms with van der Waals surface area (Å²) in [5, 5.41) is 0.782. The summed E-state index contributed by atoms with van der Waals surface area (Å²) >= 11 is 5.97. The number of rotatable bonds is 5. The van der Waals surface area contributed by atoms with Crippen LogP contribution in [0.2, 0.25) is 5.02 Å². The maximum atomic E-state index is 5.97. The summed E-state index contributed by atoms with van der Waals surface area (Å²) in [6.07, 6.45) is 6.69. The monoisotopic (exact) mass is 296 g/mol. The lowest BCUT2D eigenvalue weighted by Crippen LogP contribution is -2.11. The zero-order valence-electron chi connectivity index (χ0n) is 11.7. The molecule has 0 bridgehead atoms. The highest BCUT2D eigenvalue weighted by molar-refractivity contribution is 6.30. The van der Waals surface area contributed by atoms with E-state index in [9.17, 15) is 0 Å². The molecule has 3 aromatic rings. The van der Waals surface area contributed by atoms with Crippen molar-refractivity contribution in [3.8, 4) is 0 Å². The average molecular weight is 297 g/mol. The van der Waals surface area contributed by atoms with Gasteiger partial charge >= 0.3 is 0 Å². The Balaban J connectivity index is 1.83. The summed E-state index contributed by atoms with van der Waals surface area (Å²) in [4.78, 5) is 4.13. The first-order valence-electron chi connectivity index (χ1n) is 7.06. The Bertz CT molecular complexity index is 660. The van der Waals surface area contributed by atoms with Crippen LogP contribution in [0.25, 0.3) is 0 Å². The minimum absolute atomic E-state index is 0.418. The van der Waals surface area contributed by atoms with E-state index in [2.05, 4.69) is 52.0 Å². The molecule has 0 radical (unpaired) electrons. The predicted octanol–water partition coefficient (Wildman–Crippen LogP) is 4.56. The third-order valence-corrected chi connectivity index (χ3v) is 3.91. The van der Waals surface area contributed by atoms with Crippen LogP contribution < -0.4 is 0 Å². The third kappa shape index (κ3) is 3.73. The first-order chi connectivity index (χ1) is 10.3. The predicted molar refractivity (Wildman–Crippen MR) is 86.6 cm³/mol. The Morgan fingerprint density at radius 3 is 2.43 bits per heavy atom. The van der Waals surface area contributed by atoms with E-state index in [1.54, 1.807) is 0 Å². The molecule has 21 heavy (non-hydrogen) atoms. The van der Waals surface area contributed by atoms with Gasteiger partial charge in [-0.25, -0.2) is 4.98 Å². The van der Waals surface area contributed by atoms with Gasteiger partial charge in [0.2, 0.25) is 0 Å². The zero-order chi connectivity index (χ0) is 14.5. The first kappa shape index (κ1) is 13.9. The molecule has 0 spiro atoms. The topological polar surface area (TPSA) is 17.8 Å². The van der Waals surface area contributed by atoms with Crippen molar-refractivity contribution < 1.29 is 0 Å². The summed E-state index contributed by atoms with van der Waals surface area (Å²) in [6.45, 7) is 0.923. The molecule has 106 valence electrons. The molecule has 0 saturated carbocycles. The molecule has 2 nitrogen and oxygen atoms in total. The normalized spacial score (nSPS) is 12.2. The van der Waals surface area contributed by atoms with E-state index >= 15 is 0 Å². The summed E-state index contributed by atoms with van der Waals surface area (Å²) in [6, 6.07) is 18.7. The highest BCUT2D eigenvalue weighted by Crippen LogP contribution is 2.23. The molecule has 2 aromatic carbocycles. The van der Waals surface area contributed by atoms with Gasteiger partial charge in [-0.15, -0.1) is 0 Å². The highest BCUT2D eigenvalue weighted by atomic mass is 35.5. The van der Waals surface area contributed by atoms with E-state index in [0.29, 0.717) is 5.92 Å². The van der Waals surface area contributed by atoms with E-state index in [4.69, 9.17) is 11.6 Å². The maximum absolute atomic E-state index is 5.97. The van der Waals surface area contributed by atoms with Crippen molar-refractivity contribution in [2.45, 2.75) is 18.9 Å². The van der Waals surface area contributed by atoms with Gasteiger partial charge in [-0.3, -0.25) is 0 Å². The summed E-state index contributed by atoms with van der Waals surface area (Å²) in [5.41, 5.74) is 2.65. The molecule has 0 saturated heterocycles. The van der Waals surface area contributed by atoms with Gasteiger partial charge in [-0.05, 0) is 29.7 Å². The molecule has 0 amide bonds. The van der Waals surface area contributed by atoms with E-state index in [1.165, 1.54) is 11.1 Å². The van der Waals surface area contributed by atoms with Gasteiger partial charge in [0, 0.05) is 29.9 Å². The molecule has 0 N–H and O–H groups in total. The smallest absolute Gasteiger partial charge is 0.0946 e. The Labute approximate surface area is 130 Å². The van der Waals surface area contributed by atoms with Crippen molar-refractivity contribution in [1.82, 2.24) is 9.55 Å². The van der Waals surface area contributed by atoms with Crippen molar-refractivity contribution in [2.24, 2.45) is 0 Å². The van der Waals surface area contributed by atoms with Crippen LogP contribution in [0, 0.1) is 0 Å². The molecular formula is C18H17ClN2. The lowest BCUT2D eigenvalue weighted by atomic mass is 9.92. The summed E-state index contributed by atoms with van der Waals surface area (Å²) in [7, 11) is 0. The van der Waals surface area contributed by atoms with Crippen LogP contribution in [0.4, 0.5) is 0 Å². The van der Waals surface area contributed by atoms with Crippen molar-refractivity contribution in [3.63, 3.8) is 0 Å². The first-order valence-corrected chi connectivity index (χ1v) is 7.44. The lowest BCUT2D eigenvalue weighted by Gasteiger charge is -2.18. The standard InChI is InChI=1S/C18H17ClN2/c19-18-8-6-15(7-9-18)12-17(13-21-11-10-20-14-21)16-4-2-1-3-5-16/h1-11,14,17H,12-13H2. The second-order valence-corrected chi connectivity index (χ2v) is 5.63. The number of nitrogens with zero attached hydrogens (tertiary/aromatic N) is 2. The molecule has 0 aliphatic rings. The Kier molecular flexibility index (Phi) is 4.37. The zero-order valence-corrected chi connectivity index (χ0v) is 12.4. The van der Waals surface area contributed by atoms with Crippen LogP contribution in [0.1, 0.15) is 17.0 Å². The van der Waals surface area contributed by atoms with Gasteiger partial charge in [0.25, 0.3) is 0 Å². The second-order valence-electron chi connectivity index (χ2n) is 5.20. The Morgan fingerprint density at radius 1 is 1.00 bits per heavy atom. The lowest BCUT2D eigenvalue weighted by molar-refractivity contribution is 0.556. The minimum atomic E-state index is 0.418. The van der Waals surface area contributed by atoms with Gasteiger partial charge in [0.15, 0.2) is 0 Å². The molecule has 0 fully saturated rings. The molecular weight excluding hydrogens is 280 g/mol. The van der Waals surface area contributed by atoms with Gasteiger partial charge < -0.3 is 4.57 Å². The van der Waals surface area contributed by atoms with Crippen LogP contribution >= 0.6 is 11.6 Å². The SMILES string of the molecule is Clc1ccc(CC(Cn2ccnc2)c2ccccc2)cc1. The molecule has 0 aliphatic heterocycles. The van der Waals surface area contributed by atoms with Crippen molar-refractivity contribution >= 4 is 11.6 Å². The molecule has 3 heteroatoms. The molecule has 3 rings (SSSR count). The number of hydrogen-bond donors (Lipinski definition) is 0. The fraction of sp³-hybridized carbons (Fsp3) is 0.167. The largest absolute Gasteiger partial charge is 0.337 e. The van der Waals surface area contributed by atoms with Crippen LogP contribution in [0.3, 0.4) is 0 Å². The van der Waals surface area contributed by atoms with E-state index in [0.717, 1.165) is 18.0 Å². The van der Waals surface area contributed by atoms with E-state index in [1.807, 2.05) is 30.9 Å². The van der Waals surface area contributed by atoms with E-state index in [-0.39, 0.29) is 0 Å². The second kappa shape index (κ2) is 6.59. The number of benzene rings is 2. The van der Waals surface area contributed by atoms with Crippen LogP contribution in [0.5, 0.6) is 0 Å². The minimum Gasteiger partial charge on any atom is -0.337 e. The van der Waals surface area contributed by atoms with Gasteiger partial charge in [-0.1, -0.05) is 54.1 Å². The highest BCUT2D eigenvalue weighted by Gasteiger charge is 2.13. The molecule has 1 aromatic heterocycles. The number of halogens is 1. The van der Waals surface area contributed by atoms with Crippen molar-refractivity contribution in [2.75, 3.05) is 0 Å².